The number of carbonyl (C=O) groups excluding carboxylic acids is 1. The molecular formula is C28H23FN10O. The minimum Gasteiger partial charge on any atom is -0.383 e. The molecule has 0 saturated heterocycles. The van der Waals surface area contributed by atoms with Crippen molar-refractivity contribution in [2.75, 3.05) is 5.73 Å². The summed E-state index contributed by atoms with van der Waals surface area (Å²) in [5, 5.41) is 11.3. The van der Waals surface area contributed by atoms with Crippen LogP contribution in [-0.4, -0.2) is 45.0 Å². The third-order valence-electron chi connectivity index (χ3n) is 7.13. The Bertz CT molecular complexity index is 1890. The quantitative estimate of drug-likeness (QED) is 0.345. The Morgan fingerprint density at radius 2 is 2.00 bits per heavy atom. The smallest absolute Gasteiger partial charge is 0.272 e. The van der Waals surface area contributed by atoms with Crippen LogP contribution in [0.3, 0.4) is 0 Å². The van der Waals surface area contributed by atoms with E-state index in [0.717, 1.165) is 34.0 Å². The lowest BCUT2D eigenvalue weighted by Gasteiger charge is -2.15. The van der Waals surface area contributed by atoms with E-state index >= 15 is 0 Å². The molecule has 0 radical (unpaired) electrons. The van der Waals surface area contributed by atoms with Crippen LogP contribution < -0.4 is 11.1 Å². The van der Waals surface area contributed by atoms with E-state index in [1.807, 2.05) is 53.2 Å². The summed E-state index contributed by atoms with van der Waals surface area (Å²) in [6.07, 6.45) is 6.65. The topological polar surface area (TPSA) is 134 Å². The first-order chi connectivity index (χ1) is 19.5. The molecule has 5 heterocycles. The number of carbonyl (C=O) groups is 1. The number of fused-ring (bicyclic) bond motifs is 2. The first kappa shape index (κ1) is 23.7. The first-order valence-corrected chi connectivity index (χ1v) is 12.7. The minimum absolute atomic E-state index is 0.0488. The fraction of sp³-hybridized carbons (Fsp3) is 0.143. The standard InChI is InChI=1S/C28H23FN10O/c1-37-23(29)15-22(36-37)28(40)34-20-8-5-16-14-17(6-7-18(16)20)39-26(19-4-2-11-31-25(19)30)33-21-9-10-24(35-27(21)39)38-13-3-12-32-38/h2-4,6-7,9-15,20H,5,8H2,1H3,(H2,30,31)(H,34,40)/t20-/m0/s1. The normalized spacial score (nSPS) is 14.5. The highest BCUT2D eigenvalue weighted by Gasteiger charge is 2.27. The van der Waals surface area contributed by atoms with Crippen molar-refractivity contribution in [2.45, 2.75) is 18.9 Å². The molecule has 7 rings (SSSR count). The number of nitrogens with one attached hydrogen (secondary N) is 1. The monoisotopic (exact) mass is 534 g/mol. The molecule has 1 atom stereocenters. The lowest BCUT2D eigenvalue weighted by Crippen LogP contribution is -2.27. The van der Waals surface area contributed by atoms with Crippen molar-refractivity contribution in [3.05, 3.63) is 96.0 Å². The van der Waals surface area contributed by atoms with Crippen LogP contribution in [0.4, 0.5) is 10.2 Å². The predicted octanol–water partition coefficient (Wildman–Crippen LogP) is 3.54. The molecule has 5 aromatic heterocycles. The second-order valence-corrected chi connectivity index (χ2v) is 9.59. The van der Waals surface area contributed by atoms with Crippen LogP contribution in [0, 0.1) is 5.95 Å². The molecule has 40 heavy (non-hydrogen) atoms. The minimum atomic E-state index is -0.566. The molecule has 1 amide bonds. The summed E-state index contributed by atoms with van der Waals surface area (Å²) in [5.41, 5.74) is 11.3. The summed E-state index contributed by atoms with van der Waals surface area (Å²) >= 11 is 0. The van der Waals surface area contributed by atoms with Gasteiger partial charge in [-0.1, -0.05) is 6.07 Å². The van der Waals surface area contributed by atoms with Gasteiger partial charge in [-0.2, -0.15) is 14.6 Å². The number of nitrogens with zero attached hydrogens (tertiary/aromatic N) is 8. The number of amides is 1. The maximum absolute atomic E-state index is 13.7. The number of benzene rings is 1. The molecule has 198 valence electrons. The zero-order valence-electron chi connectivity index (χ0n) is 21.4. The van der Waals surface area contributed by atoms with Gasteiger partial charge in [-0.05, 0) is 66.4 Å². The highest BCUT2D eigenvalue weighted by molar-refractivity contribution is 5.92. The van der Waals surface area contributed by atoms with E-state index in [4.69, 9.17) is 15.7 Å². The summed E-state index contributed by atoms with van der Waals surface area (Å²) < 4.78 is 18.4. The highest BCUT2D eigenvalue weighted by atomic mass is 19.1. The van der Waals surface area contributed by atoms with E-state index in [9.17, 15) is 9.18 Å². The van der Waals surface area contributed by atoms with Gasteiger partial charge in [-0.15, -0.1) is 0 Å². The van der Waals surface area contributed by atoms with Crippen molar-refractivity contribution in [3.63, 3.8) is 0 Å². The predicted molar refractivity (Wildman–Crippen MR) is 145 cm³/mol. The van der Waals surface area contributed by atoms with E-state index in [1.165, 1.54) is 7.05 Å². The van der Waals surface area contributed by atoms with E-state index in [0.29, 0.717) is 40.6 Å². The van der Waals surface area contributed by atoms with Gasteiger partial charge >= 0.3 is 0 Å². The average Bonchev–Trinajstić information content (AvgIpc) is 3.75. The first-order valence-electron chi connectivity index (χ1n) is 12.7. The molecule has 3 N–H and O–H groups in total. The summed E-state index contributed by atoms with van der Waals surface area (Å²) in [6.45, 7) is 0. The van der Waals surface area contributed by atoms with Crippen LogP contribution in [0.2, 0.25) is 0 Å². The number of nitrogens with two attached hydrogens (primary N) is 1. The van der Waals surface area contributed by atoms with Crippen molar-refractivity contribution in [1.29, 1.82) is 0 Å². The van der Waals surface area contributed by atoms with Crippen LogP contribution in [0.25, 0.3) is 34.1 Å². The Morgan fingerprint density at radius 3 is 2.77 bits per heavy atom. The van der Waals surface area contributed by atoms with Gasteiger partial charge in [0.05, 0.1) is 11.6 Å². The van der Waals surface area contributed by atoms with Crippen molar-refractivity contribution >= 4 is 22.9 Å². The lowest BCUT2D eigenvalue weighted by atomic mass is 10.1. The van der Waals surface area contributed by atoms with E-state index in [2.05, 4.69) is 26.6 Å². The molecule has 6 aromatic rings. The number of aryl methyl sites for hydroxylation is 2. The van der Waals surface area contributed by atoms with Crippen molar-refractivity contribution in [3.8, 4) is 22.9 Å². The van der Waals surface area contributed by atoms with E-state index in [1.54, 1.807) is 17.1 Å². The molecule has 1 aliphatic rings. The van der Waals surface area contributed by atoms with Gasteiger partial charge in [-0.25, -0.2) is 24.3 Å². The van der Waals surface area contributed by atoms with Crippen LogP contribution in [-0.2, 0) is 13.5 Å². The molecule has 12 heteroatoms. The maximum atomic E-state index is 13.7. The van der Waals surface area contributed by atoms with Gasteiger partial charge in [0.1, 0.15) is 11.3 Å². The third kappa shape index (κ3) is 3.88. The van der Waals surface area contributed by atoms with E-state index in [-0.39, 0.29) is 11.7 Å². The Kier molecular flexibility index (Phi) is 5.40. The summed E-state index contributed by atoms with van der Waals surface area (Å²) in [4.78, 5) is 26.8. The number of halogens is 1. The van der Waals surface area contributed by atoms with Crippen LogP contribution >= 0.6 is 0 Å². The van der Waals surface area contributed by atoms with Crippen molar-refractivity contribution < 1.29 is 9.18 Å². The molecule has 0 bridgehead atoms. The fourth-order valence-corrected chi connectivity index (χ4v) is 5.19. The van der Waals surface area contributed by atoms with Gasteiger partial charge in [0.25, 0.3) is 5.91 Å². The summed E-state index contributed by atoms with van der Waals surface area (Å²) in [5.74, 6) is 0.654. The number of imidazole rings is 1. The second kappa shape index (κ2) is 9.12. The Hall–Kier alpha value is -5.39. The molecule has 0 unspecified atom stereocenters. The molecule has 0 aliphatic heterocycles. The zero-order chi connectivity index (χ0) is 27.4. The second-order valence-electron chi connectivity index (χ2n) is 9.59. The molecule has 0 saturated carbocycles. The Morgan fingerprint density at radius 1 is 1.10 bits per heavy atom. The molecular weight excluding hydrogens is 511 g/mol. The van der Waals surface area contributed by atoms with Gasteiger partial charge in [0.15, 0.2) is 23.0 Å². The zero-order valence-corrected chi connectivity index (χ0v) is 21.4. The van der Waals surface area contributed by atoms with E-state index < -0.39 is 11.9 Å². The maximum Gasteiger partial charge on any atom is 0.272 e. The van der Waals surface area contributed by atoms with Crippen LogP contribution in [0.15, 0.2) is 73.2 Å². The average molecular weight is 535 g/mol. The van der Waals surface area contributed by atoms with Crippen LogP contribution in [0.5, 0.6) is 0 Å². The summed E-state index contributed by atoms with van der Waals surface area (Å²) in [7, 11) is 1.46. The van der Waals surface area contributed by atoms with Crippen LogP contribution in [0.1, 0.15) is 34.1 Å². The Labute approximate surface area is 227 Å². The molecule has 0 fully saturated rings. The molecule has 1 aromatic carbocycles. The number of anilines is 1. The number of aromatic nitrogens is 8. The van der Waals surface area contributed by atoms with Gasteiger partial charge in [-0.3, -0.25) is 9.36 Å². The SMILES string of the molecule is Cn1nc(C(=O)N[C@H]2CCc3cc(-n4c(-c5cccnc5N)nc5ccc(-n6cccn6)nc54)ccc32)cc1F. The number of rotatable bonds is 5. The summed E-state index contributed by atoms with van der Waals surface area (Å²) in [6, 6.07) is 16.3. The molecule has 0 spiro atoms. The third-order valence-corrected chi connectivity index (χ3v) is 7.13. The van der Waals surface area contributed by atoms with Crippen molar-refractivity contribution in [2.24, 2.45) is 7.05 Å². The number of hydrogen-bond donors (Lipinski definition) is 2. The van der Waals surface area contributed by atoms with Gasteiger partial charge in [0.2, 0.25) is 5.95 Å². The molecule has 11 nitrogen and oxygen atoms in total. The fourth-order valence-electron chi connectivity index (χ4n) is 5.19. The highest BCUT2D eigenvalue weighted by Crippen LogP contribution is 2.36. The Balaban J connectivity index is 1.31. The number of hydrogen-bond acceptors (Lipinski definition) is 7. The van der Waals surface area contributed by atoms with Gasteiger partial charge < -0.3 is 11.1 Å². The molecule has 1 aliphatic carbocycles. The number of pyridine rings is 2. The van der Waals surface area contributed by atoms with Gasteiger partial charge in [0, 0.05) is 37.4 Å². The lowest BCUT2D eigenvalue weighted by molar-refractivity contribution is 0.0931. The van der Waals surface area contributed by atoms with Crippen molar-refractivity contribution in [1.82, 2.24) is 44.4 Å². The number of nitrogen functional groups attached to an aromatic ring is 1. The largest absolute Gasteiger partial charge is 0.383 e.